The summed E-state index contributed by atoms with van der Waals surface area (Å²) < 4.78 is 28.4. The van der Waals surface area contributed by atoms with Gasteiger partial charge in [0, 0.05) is 24.7 Å². The van der Waals surface area contributed by atoms with E-state index in [1.54, 1.807) is 0 Å². The summed E-state index contributed by atoms with van der Waals surface area (Å²) >= 11 is 1.03. The highest BCUT2D eigenvalue weighted by atomic mass is 32.1. The Hall–Kier alpha value is -2.49. The third kappa shape index (κ3) is 2.09. The van der Waals surface area contributed by atoms with Crippen LogP contribution in [0.1, 0.15) is 5.56 Å². The van der Waals surface area contributed by atoms with E-state index in [9.17, 15) is 9.18 Å². The lowest BCUT2D eigenvalue weighted by atomic mass is 10.3. The molecule has 8 nitrogen and oxygen atoms in total. The molecule has 3 rings (SSSR count). The standard InChI is InChI=1S/C10H9FN6O2S/c1-16-10(18)17(15-14-16)9-6(7(11)5-20-9)4-19-8-2-3-12-13-8/h2-3,5H,4H2,1H3,(H,12,13)/i/hT. The second-order valence-electron chi connectivity index (χ2n) is 3.82. The number of nitrogens with one attached hydrogen (secondary N) is 1. The average molecular weight is 298 g/mol. The number of hydrogen-bond acceptors (Lipinski definition) is 6. The molecular formula is C10H9FN6O2S. The van der Waals surface area contributed by atoms with Gasteiger partial charge in [-0.3, -0.25) is 5.09 Å². The minimum absolute atomic E-state index is 0.134. The maximum Gasteiger partial charge on any atom is 0.368 e. The zero-order valence-electron chi connectivity index (χ0n) is 11.2. The zero-order valence-corrected chi connectivity index (χ0v) is 11.0. The number of hydrogen-bond donors (Lipinski definition) is 1. The predicted molar refractivity (Wildman–Crippen MR) is 67.4 cm³/mol. The number of halogens is 1. The van der Waals surface area contributed by atoms with Crippen LogP contribution in [0.25, 0.3) is 5.00 Å². The Morgan fingerprint density at radius 2 is 2.45 bits per heavy atom. The van der Waals surface area contributed by atoms with Gasteiger partial charge in [0.1, 0.15) is 17.4 Å². The van der Waals surface area contributed by atoms with Crippen LogP contribution < -0.4 is 10.4 Å². The Bertz CT molecular complexity index is 837. The van der Waals surface area contributed by atoms with Gasteiger partial charge >= 0.3 is 5.69 Å². The van der Waals surface area contributed by atoms with Crippen molar-refractivity contribution in [2.45, 2.75) is 6.61 Å². The van der Waals surface area contributed by atoms with Crippen LogP contribution >= 0.6 is 11.3 Å². The molecule has 0 saturated carbocycles. The molecule has 3 aromatic rings. The molecule has 0 aromatic carbocycles. The van der Waals surface area contributed by atoms with Crippen molar-refractivity contribution >= 4 is 11.3 Å². The summed E-state index contributed by atoms with van der Waals surface area (Å²) in [5.74, 6) is -0.314. The van der Waals surface area contributed by atoms with Crippen LogP contribution in [0.15, 0.2) is 22.4 Å². The molecule has 0 unspecified atom stereocenters. The summed E-state index contributed by atoms with van der Waals surface area (Å²) in [5.41, 5.74) is -0.296. The number of thiophene rings is 1. The first-order chi connectivity index (χ1) is 10.1. The number of aromatic amines is 1. The molecule has 0 saturated heterocycles. The maximum absolute atomic E-state index is 13.8. The maximum atomic E-state index is 13.8. The molecule has 10 heteroatoms. The quantitative estimate of drug-likeness (QED) is 0.756. The summed E-state index contributed by atoms with van der Waals surface area (Å²) in [6.07, 6.45) is 1.38. The minimum atomic E-state index is -0.502. The van der Waals surface area contributed by atoms with Crippen LogP contribution in [0.3, 0.4) is 0 Å². The highest BCUT2D eigenvalue weighted by Gasteiger charge is 2.18. The van der Waals surface area contributed by atoms with Crippen LogP contribution in [0, 0.1) is 5.82 Å². The lowest BCUT2D eigenvalue weighted by Crippen LogP contribution is -2.22. The highest BCUT2D eigenvalue weighted by molar-refractivity contribution is 7.12. The lowest BCUT2D eigenvalue weighted by molar-refractivity contribution is 0.288. The van der Waals surface area contributed by atoms with E-state index < -0.39 is 11.5 Å². The molecule has 20 heavy (non-hydrogen) atoms. The monoisotopic (exact) mass is 298 g/mol. The number of ether oxygens (including phenoxy) is 1. The van der Waals surface area contributed by atoms with Gasteiger partial charge < -0.3 is 4.74 Å². The molecule has 0 spiro atoms. The second kappa shape index (κ2) is 4.89. The minimum Gasteiger partial charge on any atom is -0.472 e. The summed E-state index contributed by atoms with van der Waals surface area (Å²) in [4.78, 5) is 11.8. The molecule has 0 amide bonds. The number of nitrogens with zero attached hydrogens (tertiary/aromatic N) is 5. The van der Waals surface area contributed by atoms with Crippen molar-refractivity contribution in [3.05, 3.63) is 39.5 Å². The predicted octanol–water partition coefficient (Wildman–Crippen LogP) is 0.469. The van der Waals surface area contributed by atoms with Crippen LogP contribution in [0.4, 0.5) is 4.39 Å². The Morgan fingerprint density at radius 1 is 1.60 bits per heavy atom. The molecule has 0 radical (unpaired) electrons. The fourth-order valence-electron chi connectivity index (χ4n) is 1.55. The van der Waals surface area contributed by atoms with Gasteiger partial charge in [-0.2, -0.15) is 4.68 Å². The first-order valence-corrected chi connectivity index (χ1v) is 6.37. The first kappa shape index (κ1) is 11.3. The smallest absolute Gasteiger partial charge is 0.368 e. The normalized spacial score (nSPS) is 11.6. The third-order valence-electron chi connectivity index (χ3n) is 2.54. The molecule has 0 bridgehead atoms. The second-order valence-corrected chi connectivity index (χ2v) is 4.68. The van der Waals surface area contributed by atoms with Gasteiger partial charge in [-0.25, -0.2) is 9.18 Å². The van der Waals surface area contributed by atoms with E-state index in [4.69, 9.17) is 6.15 Å². The van der Waals surface area contributed by atoms with E-state index in [-0.39, 0.29) is 18.1 Å². The van der Waals surface area contributed by atoms with Crippen LogP contribution in [0.2, 0.25) is 1.41 Å². The molecule has 104 valence electrons. The molecule has 0 atom stereocenters. The number of rotatable bonds is 4. The number of tetrazole rings is 1. The molecule has 3 aromatic heterocycles. The van der Waals surface area contributed by atoms with Crippen LogP contribution in [-0.4, -0.2) is 30.0 Å². The van der Waals surface area contributed by atoms with E-state index in [1.165, 1.54) is 24.7 Å². The molecule has 3 heterocycles. The average Bonchev–Trinajstić information content (AvgIpc) is 3.11. The van der Waals surface area contributed by atoms with Crippen LogP contribution in [0.5, 0.6) is 5.88 Å². The largest absolute Gasteiger partial charge is 0.472 e. The highest BCUT2D eigenvalue weighted by Crippen LogP contribution is 2.25. The van der Waals surface area contributed by atoms with E-state index in [1.807, 2.05) is 0 Å². The number of aromatic nitrogens is 6. The topological polar surface area (TPSA) is 90.6 Å². The van der Waals surface area contributed by atoms with Gasteiger partial charge in [-0.05, 0) is 10.4 Å². The zero-order chi connectivity index (χ0) is 15.0. The van der Waals surface area contributed by atoms with Gasteiger partial charge in [-0.1, -0.05) is 0 Å². The van der Waals surface area contributed by atoms with Gasteiger partial charge in [0.2, 0.25) is 5.88 Å². The van der Waals surface area contributed by atoms with Crippen molar-refractivity contribution in [2.24, 2.45) is 7.05 Å². The van der Waals surface area contributed by atoms with Crippen molar-refractivity contribution in [1.29, 1.82) is 0 Å². The number of H-pyrrole nitrogens is 1. The fraction of sp³-hybridized carbons (Fsp3) is 0.200. The molecule has 1 N–H and O–H groups in total. The Kier molecular flexibility index (Phi) is 2.77. The molecule has 0 aliphatic heterocycles. The molecular weight excluding hydrogens is 287 g/mol. The third-order valence-corrected chi connectivity index (χ3v) is 3.51. The van der Waals surface area contributed by atoms with E-state index in [0.29, 0.717) is 5.00 Å². The van der Waals surface area contributed by atoms with Crippen molar-refractivity contribution in [2.75, 3.05) is 0 Å². The fourth-order valence-corrected chi connectivity index (χ4v) is 2.42. The molecule has 0 fully saturated rings. The van der Waals surface area contributed by atoms with Crippen molar-refractivity contribution < 1.29 is 10.5 Å². The van der Waals surface area contributed by atoms with Crippen molar-refractivity contribution in [3.63, 3.8) is 0 Å². The van der Waals surface area contributed by atoms with Gasteiger partial charge in [0.15, 0.2) is 1.41 Å². The lowest BCUT2D eigenvalue weighted by Gasteiger charge is -2.03. The SMILES string of the molecule is [3H]n1ccc(OCc2c(F)csc2-n2nnn(C)c2=O)n1. The Labute approximate surface area is 116 Å². The Morgan fingerprint density at radius 3 is 3.10 bits per heavy atom. The Balaban J connectivity index is 1.90. The number of aryl methyl sites for hydroxylation is 1. The van der Waals surface area contributed by atoms with E-state index in [2.05, 4.69) is 15.5 Å². The van der Waals surface area contributed by atoms with Crippen molar-refractivity contribution in [3.8, 4) is 10.9 Å². The summed E-state index contributed by atoms with van der Waals surface area (Å²) in [5, 5.41) is 13.4. The van der Waals surface area contributed by atoms with Gasteiger partial charge in [0.05, 0.1) is 5.56 Å². The van der Waals surface area contributed by atoms with Gasteiger partial charge in [-0.15, -0.1) is 21.1 Å². The molecule has 0 aliphatic carbocycles. The summed E-state index contributed by atoms with van der Waals surface area (Å²) in [7, 11) is 1.45. The summed E-state index contributed by atoms with van der Waals surface area (Å²) in [6, 6.07) is 1.48. The van der Waals surface area contributed by atoms with Crippen LogP contribution in [-0.2, 0) is 13.7 Å². The molecule has 0 aliphatic rings. The summed E-state index contributed by atoms with van der Waals surface area (Å²) in [6.45, 7) is -0.134. The first-order valence-electron chi connectivity index (χ1n) is 5.94. The van der Waals surface area contributed by atoms with Gasteiger partial charge in [0.25, 0.3) is 0 Å². The van der Waals surface area contributed by atoms with E-state index >= 15 is 0 Å². The van der Waals surface area contributed by atoms with E-state index in [0.717, 1.165) is 25.8 Å². The van der Waals surface area contributed by atoms with Crippen molar-refractivity contribution in [1.82, 2.24) is 30.0 Å².